The van der Waals surface area contributed by atoms with Crippen LogP contribution in [0.1, 0.15) is 24.2 Å². The molecule has 1 aliphatic heterocycles. The van der Waals surface area contributed by atoms with Crippen LogP contribution in [0.2, 0.25) is 0 Å². The fraction of sp³-hybridized carbons (Fsp3) is 0.357. The minimum atomic E-state index is -0.323. The number of aromatic nitrogens is 3. The summed E-state index contributed by atoms with van der Waals surface area (Å²) in [7, 11) is 1.77. The van der Waals surface area contributed by atoms with E-state index in [1.165, 1.54) is 0 Å². The van der Waals surface area contributed by atoms with Crippen molar-refractivity contribution in [3.8, 4) is 5.75 Å². The monoisotopic (exact) mass is 287 g/mol. The molecule has 7 heteroatoms. The van der Waals surface area contributed by atoms with Crippen molar-refractivity contribution >= 4 is 11.8 Å². The number of ether oxygens (including phenoxy) is 1. The predicted octanol–water partition coefficient (Wildman–Crippen LogP) is 1.77. The third-order valence-electron chi connectivity index (χ3n) is 3.66. The minimum Gasteiger partial charge on any atom is -0.488 e. The highest BCUT2D eigenvalue weighted by Crippen LogP contribution is 2.36. The second kappa shape index (κ2) is 5.08. The lowest BCUT2D eigenvalue weighted by atomic mass is 10.1. The Balaban J connectivity index is 1.72. The molecule has 2 heterocycles. The number of carbonyl (C=O) groups is 1. The number of hydrogen-bond donors (Lipinski definition) is 2. The molecular weight excluding hydrogens is 270 g/mol. The van der Waals surface area contributed by atoms with E-state index in [2.05, 4.69) is 20.9 Å². The Hall–Kier alpha value is -2.57. The second-order valence-electron chi connectivity index (χ2n) is 5.08. The highest BCUT2D eigenvalue weighted by molar-refractivity contribution is 5.89. The van der Waals surface area contributed by atoms with Crippen molar-refractivity contribution in [3.05, 3.63) is 35.5 Å². The quantitative estimate of drug-likeness (QED) is 0.882. The summed E-state index contributed by atoms with van der Waals surface area (Å²) in [6.07, 6.45) is -0.115. The first-order valence-corrected chi connectivity index (χ1v) is 6.75. The van der Waals surface area contributed by atoms with Gasteiger partial charge in [-0.3, -0.25) is 10.00 Å². The van der Waals surface area contributed by atoms with Gasteiger partial charge in [0.05, 0.1) is 11.7 Å². The Labute approximate surface area is 122 Å². The molecule has 0 unspecified atom stereocenters. The molecule has 0 aliphatic carbocycles. The summed E-state index contributed by atoms with van der Waals surface area (Å²) in [5, 5.41) is 13.4. The van der Waals surface area contributed by atoms with Crippen LogP contribution in [0.5, 0.6) is 5.75 Å². The van der Waals surface area contributed by atoms with Crippen LogP contribution in [0.4, 0.5) is 10.6 Å². The third kappa shape index (κ3) is 2.42. The molecule has 0 saturated heterocycles. The maximum absolute atomic E-state index is 12.1. The number of rotatable bonds is 2. The summed E-state index contributed by atoms with van der Waals surface area (Å²) in [5.74, 6) is 1.26. The summed E-state index contributed by atoms with van der Waals surface area (Å²) in [6.45, 7) is 3.77. The number of amides is 2. The number of urea groups is 1. The third-order valence-corrected chi connectivity index (χ3v) is 3.66. The Kier molecular flexibility index (Phi) is 3.25. The second-order valence-corrected chi connectivity index (χ2v) is 5.08. The highest BCUT2D eigenvalue weighted by atomic mass is 16.5. The zero-order chi connectivity index (χ0) is 15.0. The van der Waals surface area contributed by atoms with E-state index in [4.69, 9.17) is 4.74 Å². The molecule has 3 rings (SSSR count). The Morgan fingerprint density at radius 1 is 1.38 bits per heavy atom. The number of anilines is 1. The van der Waals surface area contributed by atoms with E-state index in [1.54, 1.807) is 11.7 Å². The van der Waals surface area contributed by atoms with E-state index in [0.29, 0.717) is 5.82 Å². The van der Waals surface area contributed by atoms with Gasteiger partial charge >= 0.3 is 6.03 Å². The van der Waals surface area contributed by atoms with Gasteiger partial charge in [0.25, 0.3) is 0 Å². The topological polar surface area (TPSA) is 81.1 Å². The standard InChI is InChI=1S/C14H17N5O2/c1-8-13(17-18-19(8)3)16-14(20)15-12-9(2)21-11-7-5-4-6-10(11)12/h4-7,9,12H,1-3H3,(H2,15,16,20)/t9-,12-/m1/s1. The Bertz CT molecular complexity index is 682. The molecule has 0 radical (unpaired) electrons. The lowest BCUT2D eigenvalue weighted by Crippen LogP contribution is -2.37. The lowest BCUT2D eigenvalue weighted by Gasteiger charge is -2.16. The van der Waals surface area contributed by atoms with Crippen LogP contribution in [0.3, 0.4) is 0 Å². The molecule has 110 valence electrons. The molecule has 0 saturated carbocycles. The molecule has 21 heavy (non-hydrogen) atoms. The van der Waals surface area contributed by atoms with Crippen molar-refractivity contribution < 1.29 is 9.53 Å². The fourth-order valence-electron chi connectivity index (χ4n) is 2.37. The Morgan fingerprint density at radius 2 is 2.14 bits per heavy atom. The van der Waals surface area contributed by atoms with Crippen LogP contribution in [0.25, 0.3) is 0 Å². The molecular formula is C14H17N5O2. The first-order chi connectivity index (χ1) is 10.1. The van der Waals surface area contributed by atoms with Gasteiger partial charge in [-0.25, -0.2) is 4.79 Å². The van der Waals surface area contributed by atoms with Gasteiger partial charge in [-0.1, -0.05) is 23.4 Å². The summed E-state index contributed by atoms with van der Waals surface area (Å²) >= 11 is 0. The zero-order valence-corrected chi connectivity index (χ0v) is 12.1. The van der Waals surface area contributed by atoms with Gasteiger partial charge in [0.1, 0.15) is 11.9 Å². The van der Waals surface area contributed by atoms with Crippen LogP contribution in [0.15, 0.2) is 24.3 Å². The number of para-hydroxylation sites is 1. The van der Waals surface area contributed by atoms with E-state index in [0.717, 1.165) is 17.0 Å². The molecule has 2 N–H and O–H groups in total. The Morgan fingerprint density at radius 3 is 2.86 bits per heavy atom. The lowest BCUT2D eigenvalue weighted by molar-refractivity contribution is 0.204. The maximum atomic E-state index is 12.1. The fourth-order valence-corrected chi connectivity index (χ4v) is 2.37. The number of nitrogens with zero attached hydrogens (tertiary/aromatic N) is 3. The van der Waals surface area contributed by atoms with E-state index in [9.17, 15) is 4.79 Å². The van der Waals surface area contributed by atoms with Gasteiger partial charge in [-0.15, -0.1) is 5.10 Å². The summed E-state index contributed by atoms with van der Waals surface area (Å²) in [5.41, 5.74) is 1.78. The van der Waals surface area contributed by atoms with Gasteiger partial charge in [-0.05, 0) is 19.9 Å². The van der Waals surface area contributed by atoms with Gasteiger partial charge in [0.2, 0.25) is 0 Å². The first kappa shape index (κ1) is 13.4. The molecule has 7 nitrogen and oxygen atoms in total. The number of nitrogens with one attached hydrogen (secondary N) is 2. The van der Waals surface area contributed by atoms with Gasteiger partial charge in [0, 0.05) is 12.6 Å². The van der Waals surface area contributed by atoms with E-state index >= 15 is 0 Å². The largest absolute Gasteiger partial charge is 0.488 e. The molecule has 0 fully saturated rings. The molecule has 0 bridgehead atoms. The molecule has 1 aromatic heterocycles. The molecule has 2 amide bonds. The van der Waals surface area contributed by atoms with Crippen molar-refractivity contribution in [1.82, 2.24) is 20.3 Å². The number of benzene rings is 1. The van der Waals surface area contributed by atoms with Crippen molar-refractivity contribution in [2.75, 3.05) is 5.32 Å². The van der Waals surface area contributed by atoms with Crippen LogP contribution in [0, 0.1) is 6.92 Å². The van der Waals surface area contributed by atoms with Crippen LogP contribution >= 0.6 is 0 Å². The number of carbonyl (C=O) groups excluding carboxylic acids is 1. The van der Waals surface area contributed by atoms with Crippen molar-refractivity contribution in [1.29, 1.82) is 0 Å². The smallest absolute Gasteiger partial charge is 0.321 e. The van der Waals surface area contributed by atoms with Gasteiger partial charge in [0.15, 0.2) is 5.82 Å². The van der Waals surface area contributed by atoms with E-state index < -0.39 is 0 Å². The predicted molar refractivity (Wildman–Crippen MR) is 77.2 cm³/mol. The van der Waals surface area contributed by atoms with Crippen molar-refractivity contribution in [2.45, 2.75) is 26.0 Å². The average molecular weight is 287 g/mol. The van der Waals surface area contributed by atoms with E-state index in [-0.39, 0.29) is 18.2 Å². The first-order valence-electron chi connectivity index (χ1n) is 6.75. The van der Waals surface area contributed by atoms with Gasteiger partial charge < -0.3 is 10.1 Å². The maximum Gasteiger partial charge on any atom is 0.321 e. The van der Waals surface area contributed by atoms with Crippen molar-refractivity contribution in [2.24, 2.45) is 7.05 Å². The number of fused-ring (bicyclic) bond motifs is 1. The normalized spacial score (nSPS) is 19.8. The molecule has 2 atom stereocenters. The molecule has 1 aliphatic rings. The van der Waals surface area contributed by atoms with Crippen molar-refractivity contribution in [3.63, 3.8) is 0 Å². The minimum absolute atomic E-state index is 0.115. The van der Waals surface area contributed by atoms with Crippen LogP contribution in [-0.4, -0.2) is 27.1 Å². The highest BCUT2D eigenvalue weighted by Gasteiger charge is 2.32. The SMILES string of the molecule is Cc1c(NC(=O)N[C@H]2c3ccccc3O[C@@H]2C)nnn1C. The summed E-state index contributed by atoms with van der Waals surface area (Å²) in [6, 6.07) is 7.19. The molecule has 2 aromatic rings. The van der Waals surface area contributed by atoms with Crippen LogP contribution in [-0.2, 0) is 7.05 Å². The molecule has 1 aromatic carbocycles. The summed E-state index contributed by atoms with van der Waals surface area (Å²) < 4.78 is 7.33. The average Bonchev–Trinajstić information content (AvgIpc) is 2.94. The molecule has 0 spiro atoms. The number of hydrogen-bond acceptors (Lipinski definition) is 4. The zero-order valence-electron chi connectivity index (χ0n) is 12.1. The number of aryl methyl sites for hydroxylation is 1. The summed E-state index contributed by atoms with van der Waals surface area (Å²) in [4.78, 5) is 12.1. The van der Waals surface area contributed by atoms with Crippen LogP contribution < -0.4 is 15.4 Å². The van der Waals surface area contributed by atoms with E-state index in [1.807, 2.05) is 38.1 Å². The van der Waals surface area contributed by atoms with Gasteiger partial charge in [-0.2, -0.15) is 0 Å².